The molecule has 0 aliphatic carbocycles. The molecule has 0 unspecified atom stereocenters. The van der Waals surface area contributed by atoms with Gasteiger partial charge in [0, 0.05) is 12.1 Å². The molecule has 0 fully saturated rings. The summed E-state index contributed by atoms with van der Waals surface area (Å²) in [5, 5.41) is 2.99. The van der Waals surface area contributed by atoms with E-state index in [-0.39, 0.29) is 11.8 Å². The number of benzene rings is 1. The number of hydrogen-bond donors (Lipinski definition) is 1. The second kappa shape index (κ2) is 5.60. The van der Waals surface area contributed by atoms with Crippen LogP contribution in [0.15, 0.2) is 18.2 Å². The van der Waals surface area contributed by atoms with Gasteiger partial charge in [0.2, 0.25) is 5.95 Å². The number of methoxy groups -OCH3 is 1. The van der Waals surface area contributed by atoms with E-state index in [0.717, 1.165) is 0 Å². The summed E-state index contributed by atoms with van der Waals surface area (Å²) in [7, 11) is 1.48. The molecule has 0 spiro atoms. The van der Waals surface area contributed by atoms with E-state index in [0.29, 0.717) is 29.4 Å². The number of nitrogens with one attached hydrogen (secondary N) is 1. The van der Waals surface area contributed by atoms with Crippen LogP contribution in [-0.2, 0) is 0 Å². The van der Waals surface area contributed by atoms with Gasteiger partial charge in [-0.1, -0.05) is 12.1 Å². The van der Waals surface area contributed by atoms with Crippen LogP contribution in [0.2, 0.25) is 0 Å². The van der Waals surface area contributed by atoms with E-state index >= 15 is 0 Å². The topological polar surface area (TPSA) is 59.9 Å². The van der Waals surface area contributed by atoms with Gasteiger partial charge in [-0.25, -0.2) is 4.39 Å². The summed E-state index contributed by atoms with van der Waals surface area (Å²) in [6, 6.07) is 5.00. The summed E-state index contributed by atoms with van der Waals surface area (Å²) in [5.41, 5.74) is 1.12. The fourth-order valence-electron chi connectivity index (χ4n) is 1.66. The largest absolute Gasteiger partial charge is 0.467 e. The smallest absolute Gasteiger partial charge is 0.321 e. The van der Waals surface area contributed by atoms with Crippen molar-refractivity contribution in [1.29, 1.82) is 0 Å². The van der Waals surface area contributed by atoms with Crippen LogP contribution >= 0.6 is 0 Å². The molecule has 0 radical (unpaired) electrons. The fraction of sp³-hybridized carbons (Fsp3) is 0.308. The van der Waals surface area contributed by atoms with Crippen molar-refractivity contribution in [2.75, 3.05) is 19.0 Å². The van der Waals surface area contributed by atoms with Gasteiger partial charge in [-0.15, -0.1) is 0 Å². The minimum absolute atomic E-state index is 0.199. The summed E-state index contributed by atoms with van der Waals surface area (Å²) in [4.78, 5) is 12.5. The average Bonchev–Trinajstić information content (AvgIpc) is 2.42. The van der Waals surface area contributed by atoms with Crippen molar-refractivity contribution in [2.45, 2.75) is 13.8 Å². The molecule has 1 aromatic heterocycles. The molecule has 19 heavy (non-hydrogen) atoms. The number of hydrogen-bond acceptors (Lipinski definition) is 5. The molecule has 100 valence electrons. The monoisotopic (exact) mass is 262 g/mol. The third kappa shape index (κ3) is 2.78. The number of ether oxygens (including phenoxy) is 1. The summed E-state index contributed by atoms with van der Waals surface area (Å²) >= 11 is 0. The molecule has 2 rings (SSSR count). The molecule has 0 bridgehead atoms. The second-order valence-electron chi connectivity index (χ2n) is 3.91. The molecule has 2 aromatic rings. The first kappa shape index (κ1) is 13.2. The van der Waals surface area contributed by atoms with Crippen molar-refractivity contribution in [3.8, 4) is 17.4 Å². The molecule has 6 heteroatoms. The highest BCUT2D eigenvalue weighted by Gasteiger charge is 2.12. The Hall–Kier alpha value is -2.24. The van der Waals surface area contributed by atoms with E-state index < -0.39 is 0 Å². The Morgan fingerprint density at radius 1 is 1.26 bits per heavy atom. The zero-order valence-corrected chi connectivity index (χ0v) is 11.1. The number of nitrogens with zero attached hydrogens (tertiary/aromatic N) is 3. The molecule has 0 amide bonds. The predicted molar refractivity (Wildman–Crippen MR) is 70.7 cm³/mol. The van der Waals surface area contributed by atoms with Gasteiger partial charge >= 0.3 is 6.01 Å². The Kier molecular flexibility index (Phi) is 3.89. The fourth-order valence-corrected chi connectivity index (χ4v) is 1.66. The summed E-state index contributed by atoms with van der Waals surface area (Å²) in [6.07, 6.45) is 0. The van der Waals surface area contributed by atoms with Crippen LogP contribution in [0.25, 0.3) is 11.4 Å². The predicted octanol–water partition coefficient (Wildman–Crippen LogP) is 2.43. The molecule has 1 heterocycles. The standard InChI is InChI=1S/C13H15FN4O/c1-4-15-12-16-11(17-13(18-12)19-3)9-6-5-7-10(14)8(9)2/h5-7H,4H2,1-3H3,(H,15,16,17,18). The molecular formula is C13H15FN4O. The second-order valence-corrected chi connectivity index (χ2v) is 3.91. The van der Waals surface area contributed by atoms with Crippen molar-refractivity contribution in [3.63, 3.8) is 0 Å². The molecule has 1 aromatic carbocycles. The van der Waals surface area contributed by atoms with Crippen LogP contribution in [-0.4, -0.2) is 28.6 Å². The lowest BCUT2D eigenvalue weighted by Gasteiger charge is -2.09. The Morgan fingerprint density at radius 3 is 2.74 bits per heavy atom. The van der Waals surface area contributed by atoms with Gasteiger partial charge in [0.1, 0.15) is 5.82 Å². The molecule has 0 saturated heterocycles. The molecule has 0 aliphatic rings. The summed E-state index contributed by atoms with van der Waals surface area (Å²) in [6.45, 7) is 4.30. The Labute approximate surface area is 110 Å². The Balaban J connectivity index is 2.54. The summed E-state index contributed by atoms with van der Waals surface area (Å²) < 4.78 is 18.6. The van der Waals surface area contributed by atoms with Crippen molar-refractivity contribution in [1.82, 2.24) is 15.0 Å². The highest BCUT2D eigenvalue weighted by atomic mass is 19.1. The Bertz CT molecular complexity index is 589. The van der Waals surface area contributed by atoms with Gasteiger partial charge in [0.25, 0.3) is 0 Å². The van der Waals surface area contributed by atoms with Crippen molar-refractivity contribution < 1.29 is 9.13 Å². The maximum atomic E-state index is 13.6. The lowest BCUT2D eigenvalue weighted by Crippen LogP contribution is -2.06. The van der Waals surface area contributed by atoms with E-state index in [9.17, 15) is 4.39 Å². The normalized spacial score (nSPS) is 10.3. The van der Waals surface area contributed by atoms with E-state index in [1.165, 1.54) is 13.2 Å². The maximum absolute atomic E-state index is 13.6. The zero-order valence-electron chi connectivity index (χ0n) is 11.1. The van der Waals surface area contributed by atoms with Gasteiger partial charge < -0.3 is 10.1 Å². The van der Waals surface area contributed by atoms with Gasteiger partial charge in [-0.2, -0.15) is 15.0 Å². The molecule has 0 atom stereocenters. The van der Waals surface area contributed by atoms with Crippen molar-refractivity contribution in [2.24, 2.45) is 0 Å². The van der Waals surface area contributed by atoms with Gasteiger partial charge in [-0.3, -0.25) is 0 Å². The molecular weight excluding hydrogens is 247 g/mol. The molecule has 0 aliphatic heterocycles. The lowest BCUT2D eigenvalue weighted by molar-refractivity contribution is 0.379. The number of rotatable bonds is 4. The van der Waals surface area contributed by atoms with Gasteiger partial charge in [0.05, 0.1) is 7.11 Å². The van der Waals surface area contributed by atoms with Crippen LogP contribution in [0.4, 0.5) is 10.3 Å². The van der Waals surface area contributed by atoms with E-state index in [4.69, 9.17) is 4.74 Å². The van der Waals surface area contributed by atoms with Crippen LogP contribution in [0, 0.1) is 12.7 Å². The minimum Gasteiger partial charge on any atom is -0.467 e. The quantitative estimate of drug-likeness (QED) is 0.917. The summed E-state index contributed by atoms with van der Waals surface area (Å²) in [5.74, 6) is 0.509. The third-order valence-corrected chi connectivity index (χ3v) is 2.64. The van der Waals surface area contributed by atoms with Crippen LogP contribution < -0.4 is 10.1 Å². The average molecular weight is 262 g/mol. The third-order valence-electron chi connectivity index (χ3n) is 2.64. The van der Waals surface area contributed by atoms with Crippen molar-refractivity contribution in [3.05, 3.63) is 29.6 Å². The molecule has 0 saturated carbocycles. The van der Waals surface area contributed by atoms with E-state index in [2.05, 4.69) is 20.3 Å². The first-order valence-corrected chi connectivity index (χ1v) is 5.95. The maximum Gasteiger partial charge on any atom is 0.321 e. The minimum atomic E-state index is -0.290. The lowest BCUT2D eigenvalue weighted by atomic mass is 10.1. The number of halogens is 1. The SMILES string of the molecule is CCNc1nc(OC)nc(-c2cccc(F)c2C)n1. The van der Waals surface area contributed by atoms with E-state index in [1.807, 2.05) is 6.92 Å². The van der Waals surface area contributed by atoms with E-state index in [1.54, 1.807) is 19.1 Å². The Morgan fingerprint density at radius 2 is 2.05 bits per heavy atom. The first-order valence-electron chi connectivity index (χ1n) is 5.95. The van der Waals surface area contributed by atoms with Gasteiger partial charge in [-0.05, 0) is 25.5 Å². The van der Waals surface area contributed by atoms with Crippen LogP contribution in [0.3, 0.4) is 0 Å². The number of aromatic nitrogens is 3. The van der Waals surface area contributed by atoms with Crippen LogP contribution in [0.5, 0.6) is 6.01 Å². The first-order chi connectivity index (χ1) is 9.15. The molecule has 1 N–H and O–H groups in total. The molecule has 5 nitrogen and oxygen atoms in total. The zero-order chi connectivity index (χ0) is 13.8. The number of anilines is 1. The highest BCUT2D eigenvalue weighted by Crippen LogP contribution is 2.23. The van der Waals surface area contributed by atoms with Gasteiger partial charge in [0.15, 0.2) is 5.82 Å². The highest BCUT2D eigenvalue weighted by molar-refractivity contribution is 5.61. The van der Waals surface area contributed by atoms with Crippen molar-refractivity contribution >= 4 is 5.95 Å². The van der Waals surface area contributed by atoms with Crippen LogP contribution in [0.1, 0.15) is 12.5 Å².